The third kappa shape index (κ3) is 3.76. The molecule has 84 valence electrons. The van der Waals surface area contributed by atoms with Crippen LogP contribution in [0, 0.1) is 0 Å². The lowest BCUT2D eigenvalue weighted by Crippen LogP contribution is -2.39. The molecule has 0 aliphatic heterocycles. The zero-order valence-electron chi connectivity index (χ0n) is 9.74. The lowest BCUT2D eigenvalue weighted by molar-refractivity contribution is 0.0649. The lowest BCUT2D eigenvalue weighted by Gasteiger charge is -2.27. The van der Waals surface area contributed by atoms with Gasteiger partial charge >= 0.3 is 0 Å². The molecular weight excluding hydrogens is 206 g/mol. The number of aliphatic hydroxyl groups is 1. The minimum Gasteiger partial charge on any atom is -0.388 e. The summed E-state index contributed by atoms with van der Waals surface area (Å²) in [6, 6.07) is 8.24. The highest BCUT2D eigenvalue weighted by molar-refractivity contribution is 7.98. The van der Waals surface area contributed by atoms with Crippen molar-refractivity contribution in [1.29, 1.82) is 0 Å². The van der Waals surface area contributed by atoms with E-state index in [1.807, 2.05) is 19.1 Å². The minimum atomic E-state index is -0.710. The highest BCUT2D eigenvalue weighted by atomic mass is 32.2. The predicted octanol–water partition coefficient (Wildman–Crippen LogP) is 2.98. The first-order valence-electron chi connectivity index (χ1n) is 5.06. The Hall–Kier alpha value is -0.670. The smallest absolute Gasteiger partial charge is 0.0789 e. The average molecular weight is 225 g/mol. The Bertz CT molecular complexity index is 302. The van der Waals surface area contributed by atoms with Crippen LogP contribution in [0.25, 0.3) is 0 Å². The molecule has 2 nitrogen and oxygen atoms in total. The molecule has 0 aliphatic carbocycles. The van der Waals surface area contributed by atoms with Gasteiger partial charge in [-0.25, -0.2) is 0 Å². The van der Waals surface area contributed by atoms with Crippen LogP contribution in [0.3, 0.4) is 0 Å². The maximum atomic E-state index is 9.78. The quantitative estimate of drug-likeness (QED) is 0.773. The van der Waals surface area contributed by atoms with Crippen LogP contribution in [0.4, 0.5) is 5.69 Å². The number of hydrogen-bond donors (Lipinski definition) is 2. The van der Waals surface area contributed by atoms with Gasteiger partial charge in [0.2, 0.25) is 0 Å². The van der Waals surface area contributed by atoms with Gasteiger partial charge in [0.05, 0.1) is 11.6 Å². The van der Waals surface area contributed by atoms with E-state index >= 15 is 0 Å². The van der Waals surface area contributed by atoms with Crippen LogP contribution in [0.15, 0.2) is 29.2 Å². The molecule has 1 atom stereocenters. The van der Waals surface area contributed by atoms with Gasteiger partial charge in [0, 0.05) is 10.6 Å². The molecule has 15 heavy (non-hydrogen) atoms. The normalized spacial score (nSPS) is 13.7. The predicted molar refractivity (Wildman–Crippen MR) is 67.6 cm³/mol. The van der Waals surface area contributed by atoms with Gasteiger partial charge in [-0.1, -0.05) is 0 Å². The number of thioether (sulfide) groups is 1. The van der Waals surface area contributed by atoms with E-state index in [0.29, 0.717) is 0 Å². The Morgan fingerprint density at radius 1 is 1.27 bits per heavy atom. The van der Waals surface area contributed by atoms with Crippen molar-refractivity contribution in [2.24, 2.45) is 0 Å². The van der Waals surface area contributed by atoms with E-state index in [4.69, 9.17) is 0 Å². The third-order valence-electron chi connectivity index (χ3n) is 2.53. The van der Waals surface area contributed by atoms with E-state index in [1.165, 1.54) is 4.90 Å². The van der Waals surface area contributed by atoms with E-state index in [2.05, 4.69) is 23.7 Å². The molecule has 0 amide bonds. The molecule has 1 unspecified atom stereocenters. The second-order valence-electron chi connectivity index (χ2n) is 4.25. The van der Waals surface area contributed by atoms with E-state index in [9.17, 15) is 5.11 Å². The molecule has 0 saturated heterocycles. The van der Waals surface area contributed by atoms with Crippen molar-refractivity contribution in [2.45, 2.75) is 37.3 Å². The maximum Gasteiger partial charge on any atom is 0.0789 e. The maximum absolute atomic E-state index is 9.78. The van der Waals surface area contributed by atoms with Crippen molar-refractivity contribution in [3.8, 4) is 0 Å². The summed E-state index contributed by atoms with van der Waals surface area (Å²) in [5.41, 5.74) is 0.334. The fourth-order valence-corrected chi connectivity index (χ4v) is 1.52. The minimum absolute atomic E-state index is 0.0256. The molecule has 3 heteroatoms. The van der Waals surface area contributed by atoms with Gasteiger partial charge in [0.25, 0.3) is 0 Å². The molecule has 0 aliphatic rings. The van der Waals surface area contributed by atoms with Crippen molar-refractivity contribution in [3.63, 3.8) is 0 Å². The topological polar surface area (TPSA) is 32.3 Å². The third-order valence-corrected chi connectivity index (χ3v) is 3.28. The number of benzene rings is 1. The highest BCUT2D eigenvalue weighted by Crippen LogP contribution is 2.20. The zero-order valence-corrected chi connectivity index (χ0v) is 10.6. The Morgan fingerprint density at radius 2 is 1.80 bits per heavy atom. The molecule has 0 saturated carbocycles. The van der Waals surface area contributed by atoms with E-state index in [0.717, 1.165) is 5.69 Å². The van der Waals surface area contributed by atoms with Gasteiger partial charge in [0.15, 0.2) is 0 Å². The molecule has 1 rings (SSSR count). The molecule has 0 spiro atoms. The van der Waals surface area contributed by atoms with E-state index < -0.39 is 5.60 Å². The summed E-state index contributed by atoms with van der Waals surface area (Å²) in [7, 11) is 0. The molecule has 0 radical (unpaired) electrons. The molecule has 0 aromatic heterocycles. The molecule has 1 aromatic carbocycles. The molecular formula is C12H19NOS. The Balaban J connectivity index is 2.65. The van der Waals surface area contributed by atoms with Crippen LogP contribution in [0.2, 0.25) is 0 Å². The Labute approximate surface area is 96.1 Å². The van der Waals surface area contributed by atoms with Gasteiger partial charge in [0.1, 0.15) is 0 Å². The summed E-state index contributed by atoms with van der Waals surface area (Å²) in [5, 5.41) is 13.1. The molecule has 0 fully saturated rings. The van der Waals surface area contributed by atoms with Crippen LogP contribution >= 0.6 is 11.8 Å². The van der Waals surface area contributed by atoms with Gasteiger partial charge in [-0.05, 0) is 51.3 Å². The van der Waals surface area contributed by atoms with Crippen molar-refractivity contribution in [1.82, 2.24) is 0 Å². The largest absolute Gasteiger partial charge is 0.388 e. The lowest BCUT2D eigenvalue weighted by atomic mass is 10.0. The summed E-state index contributed by atoms with van der Waals surface area (Å²) >= 11 is 1.72. The van der Waals surface area contributed by atoms with Gasteiger partial charge in [-0.3, -0.25) is 0 Å². The van der Waals surface area contributed by atoms with Gasteiger partial charge in [-0.15, -0.1) is 11.8 Å². The fourth-order valence-electron chi connectivity index (χ4n) is 1.11. The molecule has 0 bridgehead atoms. The summed E-state index contributed by atoms with van der Waals surface area (Å²) < 4.78 is 0. The summed E-state index contributed by atoms with van der Waals surface area (Å²) in [6.07, 6.45) is 2.06. The standard InChI is InChI=1S/C12H19NOS/c1-9(12(2,3)14)13-10-5-7-11(15-4)8-6-10/h5-9,13-14H,1-4H3. The van der Waals surface area contributed by atoms with E-state index in [-0.39, 0.29) is 6.04 Å². The van der Waals surface area contributed by atoms with Crippen molar-refractivity contribution in [2.75, 3.05) is 11.6 Å². The zero-order chi connectivity index (χ0) is 11.5. The van der Waals surface area contributed by atoms with Crippen LogP contribution < -0.4 is 5.32 Å². The monoisotopic (exact) mass is 225 g/mol. The van der Waals surface area contributed by atoms with Crippen LogP contribution in [-0.2, 0) is 0 Å². The summed E-state index contributed by atoms with van der Waals surface area (Å²) in [5.74, 6) is 0. The van der Waals surface area contributed by atoms with Crippen molar-refractivity contribution < 1.29 is 5.11 Å². The van der Waals surface area contributed by atoms with Crippen molar-refractivity contribution >= 4 is 17.4 Å². The average Bonchev–Trinajstić information content (AvgIpc) is 2.17. The SMILES string of the molecule is CSc1ccc(NC(C)C(C)(C)O)cc1. The Kier molecular flexibility index (Phi) is 4.05. The molecule has 1 aromatic rings. The molecule has 2 N–H and O–H groups in total. The van der Waals surface area contributed by atoms with Crippen LogP contribution in [0.5, 0.6) is 0 Å². The van der Waals surface area contributed by atoms with Crippen LogP contribution in [-0.4, -0.2) is 23.0 Å². The van der Waals surface area contributed by atoms with E-state index in [1.54, 1.807) is 25.6 Å². The van der Waals surface area contributed by atoms with Gasteiger partial charge < -0.3 is 10.4 Å². The van der Waals surface area contributed by atoms with Crippen LogP contribution in [0.1, 0.15) is 20.8 Å². The summed E-state index contributed by atoms with van der Waals surface area (Å²) in [4.78, 5) is 1.25. The first-order valence-corrected chi connectivity index (χ1v) is 6.29. The summed E-state index contributed by atoms with van der Waals surface area (Å²) in [6.45, 7) is 5.59. The highest BCUT2D eigenvalue weighted by Gasteiger charge is 2.21. The Morgan fingerprint density at radius 3 is 2.20 bits per heavy atom. The van der Waals surface area contributed by atoms with Crippen molar-refractivity contribution in [3.05, 3.63) is 24.3 Å². The second-order valence-corrected chi connectivity index (χ2v) is 5.13. The first-order chi connectivity index (χ1) is 6.93. The number of nitrogens with one attached hydrogen (secondary N) is 1. The van der Waals surface area contributed by atoms with Gasteiger partial charge in [-0.2, -0.15) is 0 Å². The number of hydrogen-bond acceptors (Lipinski definition) is 3. The number of anilines is 1. The second kappa shape index (κ2) is 4.90. The first kappa shape index (κ1) is 12.4. The molecule has 0 heterocycles. The fraction of sp³-hybridized carbons (Fsp3) is 0.500. The number of rotatable bonds is 4.